The summed E-state index contributed by atoms with van der Waals surface area (Å²) in [5.74, 6) is -0.0958. The van der Waals surface area contributed by atoms with Gasteiger partial charge < -0.3 is 9.15 Å². The maximum absolute atomic E-state index is 13.6. The summed E-state index contributed by atoms with van der Waals surface area (Å²) in [4.78, 5) is 15.0. The lowest BCUT2D eigenvalue weighted by Gasteiger charge is -2.31. The first kappa shape index (κ1) is 21.8. The van der Waals surface area contributed by atoms with E-state index in [4.69, 9.17) is 9.15 Å². The van der Waals surface area contributed by atoms with Crippen LogP contribution in [0.2, 0.25) is 0 Å². The van der Waals surface area contributed by atoms with Crippen LogP contribution in [-0.2, 0) is 11.3 Å². The van der Waals surface area contributed by atoms with Gasteiger partial charge >= 0.3 is 5.97 Å². The molecule has 5 heteroatoms. The Bertz CT molecular complexity index is 1180. The van der Waals surface area contributed by atoms with E-state index in [-0.39, 0.29) is 24.4 Å². The minimum Gasteiger partial charge on any atom is -0.462 e. The van der Waals surface area contributed by atoms with Gasteiger partial charge in [-0.2, -0.15) is 0 Å². The van der Waals surface area contributed by atoms with Crippen molar-refractivity contribution in [2.75, 3.05) is 13.2 Å². The number of para-hydroxylation sites is 1. The standard InChI is InChI=1S/C27H26FNO3/c1-3-29(26(19-10-6-5-7-11-19)20-14-16-21(28)17-15-20)18-24-25(27(30)31-4-2)22-12-8-9-13-23(22)32-24/h5-17,26H,3-4,18H2,1-2H3. The molecular weight excluding hydrogens is 405 g/mol. The summed E-state index contributed by atoms with van der Waals surface area (Å²) in [7, 11) is 0. The predicted molar refractivity (Wildman–Crippen MR) is 123 cm³/mol. The SMILES string of the molecule is CCOC(=O)c1c(CN(CC)C(c2ccccc2)c2ccc(F)cc2)oc2ccccc12. The van der Waals surface area contributed by atoms with Crippen LogP contribution in [-0.4, -0.2) is 24.0 Å². The molecular formula is C27H26FNO3. The second kappa shape index (κ2) is 9.79. The Labute approximate surface area is 187 Å². The zero-order valence-electron chi connectivity index (χ0n) is 18.3. The molecule has 164 valence electrons. The van der Waals surface area contributed by atoms with Gasteiger partial charge in [-0.25, -0.2) is 9.18 Å². The number of esters is 1. The van der Waals surface area contributed by atoms with E-state index < -0.39 is 0 Å². The van der Waals surface area contributed by atoms with Crippen molar-refractivity contribution in [3.63, 3.8) is 0 Å². The lowest BCUT2D eigenvalue weighted by atomic mass is 9.96. The largest absolute Gasteiger partial charge is 0.462 e. The lowest BCUT2D eigenvalue weighted by molar-refractivity contribution is 0.0523. The Morgan fingerprint density at radius 1 is 0.938 bits per heavy atom. The molecule has 1 heterocycles. The van der Waals surface area contributed by atoms with Gasteiger partial charge in [0.05, 0.1) is 19.2 Å². The van der Waals surface area contributed by atoms with E-state index in [1.54, 1.807) is 19.1 Å². The van der Waals surface area contributed by atoms with Crippen LogP contribution in [0.4, 0.5) is 4.39 Å². The van der Waals surface area contributed by atoms with Crippen LogP contribution in [0.3, 0.4) is 0 Å². The van der Waals surface area contributed by atoms with E-state index in [1.165, 1.54) is 12.1 Å². The molecule has 3 aromatic carbocycles. The van der Waals surface area contributed by atoms with Gasteiger partial charge in [0.1, 0.15) is 22.7 Å². The molecule has 0 bridgehead atoms. The van der Waals surface area contributed by atoms with Gasteiger partial charge in [-0.05, 0) is 42.8 Å². The highest BCUT2D eigenvalue weighted by Gasteiger charge is 2.27. The van der Waals surface area contributed by atoms with Crippen molar-refractivity contribution >= 4 is 16.9 Å². The molecule has 4 nitrogen and oxygen atoms in total. The number of carbonyl (C=O) groups is 1. The zero-order chi connectivity index (χ0) is 22.5. The fraction of sp³-hybridized carbons (Fsp3) is 0.222. The van der Waals surface area contributed by atoms with Gasteiger partial charge in [-0.3, -0.25) is 4.90 Å². The van der Waals surface area contributed by atoms with Crippen molar-refractivity contribution in [3.05, 3.63) is 107 Å². The van der Waals surface area contributed by atoms with Crippen LogP contribution in [0.15, 0.2) is 83.3 Å². The second-order valence-electron chi connectivity index (χ2n) is 7.54. The predicted octanol–water partition coefficient (Wildman–Crippen LogP) is 6.36. The number of benzene rings is 3. The van der Waals surface area contributed by atoms with E-state index in [9.17, 15) is 9.18 Å². The zero-order valence-corrected chi connectivity index (χ0v) is 18.3. The molecule has 0 saturated heterocycles. The number of carbonyl (C=O) groups excluding carboxylic acids is 1. The topological polar surface area (TPSA) is 42.7 Å². The van der Waals surface area contributed by atoms with E-state index >= 15 is 0 Å². The molecule has 0 radical (unpaired) electrons. The summed E-state index contributed by atoms with van der Waals surface area (Å²) < 4.78 is 25.1. The average molecular weight is 432 g/mol. The summed E-state index contributed by atoms with van der Waals surface area (Å²) in [5, 5.41) is 0.745. The van der Waals surface area contributed by atoms with Crippen molar-refractivity contribution in [1.82, 2.24) is 4.90 Å². The molecule has 32 heavy (non-hydrogen) atoms. The van der Waals surface area contributed by atoms with Crippen molar-refractivity contribution in [1.29, 1.82) is 0 Å². The van der Waals surface area contributed by atoms with Gasteiger partial charge in [0, 0.05) is 5.39 Å². The smallest absolute Gasteiger partial charge is 0.342 e. The molecule has 1 unspecified atom stereocenters. The molecule has 0 aliphatic carbocycles. The molecule has 0 aliphatic rings. The fourth-order valence-corrected chi connectivity index (χ4v) is 4.10. The first-order valence-corrected chi connectivity index (χ1v) is 10.8. The summed E-state index contributed by atoms with van der Waals surface area (Å²) in [6.07, 6.45) is 0. The average Bonchev–Trinajstić information content (AvgIpc) is 3.18. The molecule has 4 aromatic rings. The molecule has 0 saturated carbocycles. The third-order valence-electron chi connectivity index (χ3n) is 5.57. The van der Waals surface area contributed by atoms with Crippen LogP contribution < -0.4 is 0 Å². The number of rotatable bonds is 8. The molecule has 0 fully saturated rings. The number of fused-ring (bicyclic) bond motifs is 1. The number of furan rings is 1. The third-order valence-corrected chi connectivity index (χ3v) is 5.57. The number of hydrogen-bond donors (Lipinski definition) is 0. The molecule has 1 atom stereocenters. The Balaban J connectivity index is 1.78. The minimum absolute atomic E-state index is 0.134. The van der Waals surface area contributed by atoms with Crippen LogP contribution in [0, 0.1) is 5.82 Å². The van der Waals surface area contributed by atoms with Crippen molar-refractivity contribution in [2.24, 2.45) is 0 Å². The summed E-state index contributed by atoms with van der Waals surface area (Å²) in [6.45, 7) is 5.23. The second-order valence-corrected chi connectivity index (χ2v) is 7.54. The lowest BCUT2D eigenvalue weighted by Crippen LogP contribution is -2.29. The van der Waals surface area contributed by atoms with Crippen LogP contribution in [0.5, 0.6) is 0 Å². The van der Waals surface area contributed by atoms with E-state index in [1.807, 2.05) is 42.5 Å². The maximum Gasteiger partial charge on any atom is 0.342 e. The number of halogens is 1. The molecule has 0 N–H and O–H groups in total. The van der Waals surface area contributed by atoms with Gasteiger partial charge in [-0.1, -0.05) is 67.6 Å². The molecule has 4 rings (SSSR count). The summed E-state index contributed by atoms with van der Waals surface area (Å²) in [5.41, 5.74) is 3.16. The molecule has 0 spiro atoms. The summed E-state index contributed by atoms with van der Waals surface area (Å²) >= 11 is 0. The van der Waals surface area contributed by atoms with E-state index in [2.05, 4.69) is 24.0 Å². The quantitative estimate of drug-likeness (QED) is 0.305. The van der Waals surface area contributed by atoms with Crippen molar-refractivity contribution < 1.29 is 18.3 Å². The highest BCUT2D eigenvalue weighted by Crippen LogP contribution is 2.33. The van der Waals surface area contributed by atoms with Gasteiger partial charge in [0.2, 0.25) is 0 Å². The van der Waals surface area contributed by atoms with Crippen molar-refractivity contribution in [3.8, 4) is 0 Å². The van der Waals surface area contributed by atoms with Gasteiger partial charge in [0.15, 0.2) is 0 Å². The summed E-state index contributed by atoms with van der Waals surface area (Å²) in [6, 6.07) is 24.0. The fourth-order valence-electron chi connectivity index (χ4n) is 4.10. The molecule has 0 amide bonds. The van der Waals surface area contributed by atoms with Gasteiger partial charge in [0.25, 0.3) is 0 Å². The van der Waals surface area contributed by atoms with Crippen LogP contribution in [0.25, 0.3) is 11.0 Å². The van der Waals surface area contributed by atoms with E-state index in [0.29, 0.717) is 30.0 Å². The highest BCUT2D eigenvalue weighted by molar-refractivity contribution is 6.04. The minimum atomic E-state index is -0.387. The van der Waals surface area contributed by atoms with E-state index in [0.717, 1.165) is 16.5 Å². The first-order chi connectivity index (χ1) is 15.6. The van der Waals surface area contributed by atoms with Crippen LogP contribution >= 0.6 is 0 Å². The number of ether oxygens (including phenoxy) is 1. The first-order valence-electron chi connectivity index (χ1n) is 10.8. The Morgan fingerprint density at radius 2 is 1.59 bits per heavy atom. The van der Waals surface area contributed by atoms with Crippen LogP contribution in [0.1, 0.15) is 47.1 Å². The monoisotopic (exact) mass is 431 g/mol. The van der Waals surface area contributed by atoms with Gasteiger partial charge in [-0.15, -0.1) is 0 Å². The molecule has 0 aliphatic heterocycles. The highest BCUT2D eigenvalue weighted by atomic mass is 19.1. The van der Waals surface area contributed by atoms with Crippen molar-refractivity contribution in [2.45, 2.75) is 26.4 Å². The Kier molecular flexibility index (Phi) is 6.66. The Morgan fingerprint density at radius 3 is 2.28 bits per heavy atom. The number of hydrogen-bond acceptors (Lipinski definition) is 4. The normalized spacial score (nSPS) is 12.2. The molecule has 1 aromatic heterocycles. The number of nitrogens with zero attached hydrogens (tertiary/aromatic N) is 1. The maximum atomic E-state index is 13.6. The Hall–Kier alpha value is -3.44. The third kappa shape index (κ3) is 4.43.